The lowest BCUT2D eigenvalue weighted by Crippen LogP contribution is -2.23. The predicted molar refractivity (Wildman–Crippen MR) is 42.0 cm³/mol. The van der Waals surface area contributed by atoms with Crippen LogP contribution in [0.5, 0.6) is 0 Å². The molecule has 0 aliphatic heterocycles. The topological polar surface area (TPSA) is 35.2 Å². The van der Waals surface area contributed by atoms with Gasteiger partial charge in [0.1, 0.15) is 0 Å². The average Bonchev–Trinajstić information content (AvgIpc) is 1.65. The highest BCUT2D eigenvalue weighted by atomic mass is 35.5. The van der Waals surface area contributed by atoms with Crippen LogP contribution in [0.2, 0.25) is 0 Å². The molecule has 3 heteroatoms. The minimum atomic E-state index is 0. The molecule has 0 rings (SSSR count). The van der Waals surface area contributed by atoms with Crippen LogP contribution in [-0.4, -0.2) is 18.8 Å². The molecule has 0 radical (unpaired) electrons. The highest BCUT2D eigenvalue weighted by Crippen LogP contribution is 1.93. The normalized spacial score (nSPS) is 13.0. The van der Waals surface area contributed by atoms with Gasteiger partial charge in [0.2, 0.25) is 0 Å². The Morgan fingerprint density at radius 1 is 1.33 bits per heavy atom. The molecular formula is C6H16ClNO. The quantitative estimate of drug-likeness (QED) is 0.661. The molecular weight excluding hydrogens is 138 g/mol. The Kier molecular flexibility index (Phi) is 8.40. The molecule has 0 bridgehead atoms. The van der Waals surface area contributed by atoms with E-state index in [1.54, 1.807) is 0 Å². The van der Waals surface area contributed by atoms with E-state index in [1.807, 2.05) is 20.8 Å². The molecule has 1 atom stereocenters. The van der Waals surface area contributed by atoms with Crippen LogP contribution in [0.1, 0.15) is 20.8 Å². The Hall–Kier alpha value is 0.210. The van der Waals surface area contributed by atoms with Gasteiger partial charge in [-0.05, 0) is 20.8 Å². The smallest absolute Gasteiger partial charge is 0.0672 e. The number of halogens is 1. The second-order valence-electron chi connectivity index (χ2n) is 2.23. The zero-order valence-corrected chi connectivity index (χ0v) is 7.07. The van der Waals surface area contributed by atoms with Crippen molar-refractivity contribution in [2.24, 2.45) is 5.73 Å². The van der Waals surface area contributed by atoms with Gasteiger partial charge in [-0.3, -0.25) is 0 Å². The maximum atomic E-state index is 5.30. The molecule has 0 amide bonds. The average molecular weight is 154 g/mol. The molecule has 0 aromatic heterocycles. The molecule has 0 aromatic rings. The van der Waals surface area contributed by atoms with Gasteiger partial charge in [0.05, 0.1) is 12.2 Å². The van der Waals surface area contributed by atoms with Crippen LogP contribution in [-0.2, 0) is 4.74 Å². The largest absolute Gasteiger partial charge is 0.375 e. The molecule has 0 aromatic carbocycles. The van der Waals surface area contributed by atoms with Crippen LogP contribution in [0, 0.1) is 0 Å². The van der Waals surface area contributed by atoms with Crippen molar-refractivity contribution in [1.29, 1.82) is 0 Å². The van der Waals surface area contributed by atoms with Crippen LogP contribution < -0.4 is 5.73 Å². The van der Waals surface area contributed by atoms with Gasteiger partial charge >= 0.3 is 0 Å². The Morgan fingerprint density at radius 2 is 1.78 bits per heavy atom. The van der Waals surface area contributed by atoms with Crippen LogP contribution in [0.3, 0.4) is 0 Å². The van der Waals surface area contributed by atoms with Crippen LogP contribution in [0.4, 0.5) is 0 Å². The molecule has 0 aliphatic rings. The summed E-state index contributed by atoms with van der Waals surface area (Å²) in [7, 11) is 0. The first-order chi connectivity index (χ1) is 3.66. The minimum absolute atomic E-state index is 0. The number of rotatable bonds is 3. The van der Waals surface area contributed by atoms with Gasteiger partial charge < -0.3 is 10.5 Å². The van der Waals surface area contributed by atoms with Crippen molar-refractivity contribution in [3.63, 3.8) is 0 Å². The lowest BCUT2D eigenvalue weighted by Gasteiger charge is -2.12. The van der Waals surface area contributed by atoms with Gasteiger partial charge in [0.15, 0.2) is 0 Å². The summed E-state index contributed by atoms with van der Waals surface area (Å²) in [5.74, 6) is 0. The molecule has 0 fully saturated rings. The third-order valence-corrected chi connectivity index (χ3v) is 0.836. The third kappa shape index (κ3) is 8.21. The number of hydrogen-bond donors (Lipinski definition) is 1. The predicted octanol–water partition coefficient (Wildman–Crippen LogP) is 1.18. The Morgan fingerprint density at radius 3 is 1.89 bits per heavy atom. The molecule has 2 nitrogen and oxygen atoms in total. The van der Waals surface area contributed by atoms with Gasteiger partial charge in [-0.15, -0.1) is 12.4 Å². The van der Waals surface area contributed by atoms with E-state index in [1.165, 1.54) is 0 Å². The summed E-state index contributed by atoms with van der Waals surface area (Å²) in [6, 6.07) is 0. The van der Waals surface area contributed by atoms with Crippen LogP contribution in [0.25, 0.3) is 0 Å². The van der Waals surface area contributed by atoms with Crippen molar-refractivity contribution in [2.75, 3.05) is 6.54 Å². The van der Waals surface area contributed by atoms with E-state index < -0.39 is 0 Å². The Labute approximate surface area is 63.2 Å². The minimum Gasteiger partial charge on any atom is -0.375 e. The van der Waals surface area contributed by atoms with Gasteiger partial charge in [-0.25, -0.2) is 0 Å². The molecule has 0 heterocycles. The van der Waals surface area contributed by atoms with Crippen molar-refractivity contribution >= 4 is 12.4 Å². The standard InChI is InChI=1S/C6H15NO.ClH/c1-5(2)8-6(3)4-7;/h5-6H,4,7H2,1-3H3;1H/t6-;/m1./s1. The van der Waals surface area contributed by atoms with Crippen molar-refractivity contribution in [3.05, 3.63) is 0 Å². The fourth-order valence-electron chi connectivity index (χ4n) is 0.520. The molecule has 0 spiro atoms. The fraction of sp³-hybridized carbons (Fsp3) is 1.00. The summed E-state index contributed by atoms with van der Waals surface area (Å²) in [4.78, 5) is 0. The molecule has 0 unspecified atom stereocenters. The maximum Gasteiger partial charge on any atom is 0.0672 e. The molecule has 0 saturated carbocycles. The summed E-state index contributed by atoms with van der Waals surface area (Å²) < 4.78 is 5.27. The lowest BCUT2D eigenvalue weighted by molar-refractivity contribution is 0.0243. The van der Waals surface area contributed by atoms with Crippen molar-refractivity contribution < 1.29 is 4.74 Å². The van der Waals surface area contributed by atoms with E-state index in [4.69, 9.17) is 10.5 Å². The van der Waals surface area contributed by atoms with E-state index in [-0.39, 0.29) is 18.5 Å². The van der Waals surface area contributed by atoms with E-state index in [0.717, 1.165) is 0 Å². The van der Waals surface area contributed by atoms with E-state index in [2.05, 4.69) is 0 Å². The summed E-state index contributed by atoms with van der Waals surface area (Å²) in [6.45, 7) is 6.59. The fourth-order valence-corrected chi connectivity index (χ4v) is 0.520. The van der Waals surface area contributed by atoms with Gasteiger partial charge in [-0.1, -0.05) is 0 Å². The first kappa shape index (κ1) is 11.9. The molecule has 58 valence electrons. The summed E-state index contributed by atoms with van der Waals surface area (Å²) in [6.07, 6.45) is 0.503. The second kappa shape index (κ2) is 6.33. The first-order valence-electron chi connectivity index (χ1n) is 3.02. The highest BCUT2D eigenvalue weighted by molar-refractivity contribution is 5.85. The second-order valence-corrected chi connectivity index (χ2v) is 2.23. The zero-order valence-electron chi connectivity index (χ0n) is 6.26. The Bertz CT molecular complexity index is 59.0. The zero-order chi connectivity index (χ0) is 6.57. The lowest BCUT2D eigenvalue weighted by atomic mass is 10.4. The van der Waals surface area contributed by atoms with E-state index >= 15 is 0 Å². The van der Waals surface area contributed by atoms with Gasteiger partial charge in [0.25, 0.3) is 0 Å². The summed E-state index contributed by atoms with van der Waals surface area (Å²) >= 11 is 0. The molecule has 0 aliphatic carbocycles. The summed E-state index contributed by atoms with van der Waals surface area (Å²) in [5, 5.41) is 0. The number of ether oxygens (including phenoxy) is 1. The molecule has 0 saturated heterocycles. The number of hydrogen-bond acceptors (Lipinski definition) is 2. The molecule has 9 heavy (non-hydrogen) atoms. The van der Waals surface area contributed by atoms with E-state index in [0.29, 0.717) is 12.6 Å². The monoisotopic (exact) mass is 153 g/mol. The van der Waals surface area contributed by atoms with Crippen LogP contribution >= 0.6 is 12.4 Å². The SMILES string of the molecule is CC(C)O[C@H](C)CN.Cl. The Balaban J connectivity index is 0. The highest BCUT2D eigenvalue weighted by Gasteiger charge is 1.99. The number of nitrogens with two attached hydrogens (primary N) is 1. The third-order valence-electron chi connectivity index (χ3n) is 0.836. The maximum absolute atomic E-state index is 5.30. The van der Waals surface area contributed by atoms with Gasteiger partial charge in [-0.2, -0.15) is 0 Å². The van der Waals surface area contributed by atoms with Crippen molar-refractivity contribution in [2.45, 2.75) is 33.0 Å². The van der Waals surface area contributed by atoms with Crippen molar-refractivity contribution in [3.8, 4) is 0 Å². The first-order valence-corrected chi connectivity index (χ1v) is 3.02. The van der Waals surface area contributed by atoms with Crippen LogP contribution in [0.15, 0.2) is 0 Å². The molecule has 2 N–H and O–H groups in total. The summed E-state index contributed by atoms with van der Waals surface area (Å²) in [5.41, 5.74) is 5.30. The van der Waals surface area contributed by atoms with E-state index in [9.17, 15) is 0 Å². The van der Waals surface area contributed by atoms with Crippen molar-refractivity contribution in [1.82, 2.24) is 0 Å². The van der Waals surface area contributed by atoms with Gasteiger partial charge in [0, 0.05) is 6.54 Å².